The summed E-state index contributed by atoms with van der Waals surface area (Å²) in [6.07, 6.45) is 6.43. The third-order valence-electron chi connectivity index (χ3n) is 5.25. The molecule has 0 saturated carbocycles. The molecule has 3 aliphatic rings. The molecule has 3 heterocycles. The van der Waals surface area contributed by atoms with E-state index in [1.54, 1.807) is 18.4 Å². The van der Waals surface area contributed by atoms with E-state index in [-0.39, 0.29) is 18.0 Å². The third kappa shape index (κ3) is 4.59. The molecule has 29 heavy (non-hydrogen) atoms. The zero-order valence-corrected chi connectivity index (χ0v) is 16.6. The molecule has 2 unspecified atom stereocenters. The van der Waals surface area contributed by atoms with Crippen molar-refractivity contribution < 1.29 is 23.3 Å². The van der Waals surface area contributed by atoms with E-state index >= 15 is 0 Å². The largest absolute Gasteiger partial charge is 0.491 e. The molecule has 0 aromatic heterocycles. The summed E-state index contributed by atoms with van der Waals surface area (Å²) in [4.78, 5) is 2.19. The summed E-state index contributed by atoms with van der Waals surface area (Å²) in [5.74, 6) is -0.454. The Morgan fingerprint density at radius 1 is 1.34 bits per heavy atom. The van der Waals surface area contributed by atoms with Gasteiger partial charge >= 0.3 is 0 Å². The van der Waals surface area contributed by atoms with Gasteiger partial charge in [-0.15, -0.1) is 5.11 Å². The molecule has 3 atom stereocenters. The van der Waals surface area contributed by atoms with Crippen LogP contribution < -0.4 is 4.74 Å². The van der Waals surface area contributed by atoms with Crippen molar-refractivity contribution in [2.45, 2.75) is 50.8 Å². The third-order valence-corrected chi connectivity index (χ3v) is 5.25. The average Bonchev–Trinajstić information content (AvgIpc) is 3.32. The number of allylic oxidation sites excluding steroid dienone is 1. The van der Waals surface area contributed by atoms with Gasteiger partial charge in [-0.3, -0.25) is 0 Å². The lowest BCUT2D eigenvalue weighted by Gasteiger charge is -2.29. The number of hydrogen-bond donors (Lipinski definition) is 1. The summed E-state index contributed by atoms with van der Waals surface area (Å²) in [7, 11) is 0. The van der Waals surface area contributed by atoms with Gasteiger partial charge in [-0.2, -0.15) is 0 Å². The first-order chi connectivity index (χ1) is 13.9. The van der Waals surface area contributed by atoms with Crippen LogP contribution in [0.1, 0.15) is 38.3 Å². The van der Waals surface area contributed by atoms with E-state index in [4.69, 9.17) is 24.5 Å². The number of nitrogens with zero attached hydrogens (tertiary/aromatic N) is 2. The standard InChI is InChI=1S/C21H26FN3O4/c1-21(2)28-13-18(29-21)12-26-17-9-14(8-15(22)10-17)19-4-3-7-25(19)16-5-6-20(24-23)27-11-16/h5-6,8-11,18-20,23H,3-4,7,12-13H2,1-2H3/t18?,19-,20?/m1/s1. The molecule has 1 N–H and O–H groups in total. The molecule has 4 rings (SSSR count). The van der Waals surface area contributed by atoms with Crippen LogP contribution in [0.3, 0.4) is 0 Å². The van der Waals surface area contributed by atoms with Crippen LogP contribution in [-0.2, 0) is 14.2 Å². The van der Waals surface area contributed by atoms with Crippen molar-refractivity contribution in [1.29, 1.82) is 5.53 Å². The number of nitrogens with one attached hydrogen (secondary N) is 1. The summed E-state index contributed by atoms with van der Waals surface area (Å²) < 4.78 is 36.9. The van der Waals surface area contributed by atoms with Gasteiger partial charge < -0.3 is 23.8 Å². The predicted molar refractivity (Wildman–Crippen MR) is 103 cm³/mol. The molecule has 2 saturated heterocycles. The Morgan fingerprint density at radius 3 is 2.90 bits per heavy atom. The smallest absolute Gasteiger partial charge is 0.226 e. The fourth-order valence-electron chi connectivity index (χ4n) is 3.96. The Hall–Kier alpha value is -2.45. The molecule has 8 heteroatoms. The van der Waals surface area contributed by atoms with Crippen LogP contribution >= 0.6 is 0 Å². The van der Waals surface area contributed by atoms with Gasteiger partial charge in [0.05, 0.1) is 18.3 Å². The molecule has 3 aliphatic heterocycles. The number of hydrogen-bond acceptors (Lipinski definition) is 7. The fourth-order valence-corrected chi connectivity index (χ4v) is 3.96. The second-order valence-corrected chi connectivity index (χ2v) is 7.89. The van der Waals surface area contributed by atoms with E-state index in [9.17, 15) is 4.39 Å². The van der Waals surface area contributed by atoms with Gasteiger partial charge in [-0.05, 0) is 56.5 Å². The first-order valence-corrected chi connectivity index (χ1v) is 9.86. The van der Waals surface area contributed by atoms with Crippen LogP contribution in [0.2, 0.25) is 0 Å². The monoisotopic (exact) mass is 403 g/mol. The second kappa shape index (κ2) is 8.12. The Morgan fingerprint density at radius 2 is 2.21 bits per heavy atom. The summed E-state index contributed by atoms with van der Waals surface area (Å²) >= 11 is 0. The minimum absolute atomic E-state index is 0.0297. The Labute approximate surface area is 169 Å². The van der Waals surface area contributed by atoms with Crippen LogP contribution in [0.15, 0.2) is 47.4 Å². The van der Waals surface area contributed by atoms with Crippen molar-refractivity contribution in [2.75, 3.05) is 19.8 Å². The molecule has 1 aromatic carbocycles. The van der Waals surface area contributed by atoms with Crippen molar-refractivity contribution in [3.05, 3.63) is 53.7 Å². The highest BCUT2D eigenvalue weighted by Crippen LogP contribution is 2.37. The molecule has 156 valence electrons. The highest BCUT2D eigenvalue weighted by molar-refractivity contribution is 5.34. The van der Waals surface area contributed by atoms with E-state index in [1.807, 2.05) is 26.0 Å². The Balaban J connectivity index is 1.46. The lowest BCUT2D eigenvalue weighted by molar-refractivity contribution is -0.141. The highest BCUT2D eigenvalue weighted by atomic mass is 19.1. The summed E-state index contributed by atoms with van der Waals surface area (Å²) in [5, 5.41) is 3.36. The minimum Gasteiger partial charge on any atom is -0.491 e. The van der Waals surface area contributed by atoms with Crippen molar-refractivity contribution in [2.24, 2.45) is 5.11 Å². The van der Waals surface area contributed by atoms with E-state index < -0.39 is 12.0 Å². The van der Waals surface area contributed by atoms with Crippen LogP contribution in [-0.4, -0.2) is 42.8 Å². The average molecular weight is 403 g/mol. The molecule has 1 aromatic rings. The molecule has 7 nitrogen and oxygen atoms in total. The van der Waals surface area contributed by atoms with Crippen molar-refractivity contribution in [3.8, 4) is 5.75 Å². The minimum atomic E-state index is -0.610. The Bertz CT molecular complexity index is 826. The quantitative estimate of drug-likeness (QED) is 0.718. The van der Waals surface area contributed by atoms with Gasteiger partial charge in [0.15, 0.2) is 5.79 Å². The highest BCUT2D eigenvalue weighted by Gasteiger charge is 2.33. The molecular weight excluding hydrogens is 377 g/mol. The van der Waals surface area contributed by atoms with Crippen molar-refractivity contribution in [3.63, 3.8) is 0 Å². The number of likely N-dealkylation sites (tertiary alicyclic amines) is 1. The van der Waals surface area contributed by atoms with Crippen LogP contribution in [0.5, 0.6) is 5.75 Å². The summed E-state index contributed by atoms with van der Waals surface area (Å²) in [6, 6.07) is 4.88. The van der Waals surface area contributed by atoms with Crippen molar-refractivity contribution in [1.82, 2.24) is 4.90 Å². The topological polar surface area (TPSA) is 76.4 Å². The zero-order valence-electron chi connectivity index (χ0n) is 16.6. The predicted octanol–water partition coefficient (Wildman–Crippen LogP) is 4.28. The molecule has 0 amide bonds. The maximum Gasteiger partial charge on any atom is 0.226 e. The van der Waals surface area contributed by atoms with E-state index in [0.29, 0.717) is 19.0 Å². The lowest BCUT2D eigenvalue weighted by Crippen LogP contribution is -2.25. The lowest BCUT2D eigenvalue weighted by atomic mass is 10.0. The van der Waals surface area contributed by atoms with Crippen molar-refractivity contribution >= 4 is 0 Å². The first kappa shape index (κ1) is 19.8. The molecule has 0 spiro atoms. The van der Waals surface area contributed by atoms with Gasteiger partial charge in [0.1, 0.15) is 30.5 Å². The summed E-state index contributed by atoms with van der Waals surface area (Å²) in [5.41, 5.74) is 8.82. The van der Waals surface area contributed by atoms with Gasteiger partial charge in [-0.1, -0.05) is 0 Å². The second-order valence-electron chi connectivity index (χ2n) is 7.89. The maximum atomic E-state index is 14.3. The van der Waals surface area contributed by atoms with Gasteiger partial charge in [-0.25, -0.2) is 9.92 Å². The SMILES string of the molecule is CC1(C)OCC(COc2cc(F)cc([C@H]3CCCN3C3=COC(N=N)C=C3)c2)O1. The molecule has 2 fully saturated rings. The van der Waals surface area contributed by atoms with Gasteiger partial charge in [0, 0.05) is 12.6 Å². The van der Waals surface area contributed by atoms with Crippen LogP contribution in [0.25, 0.3) is 0 Å². The molecule has 0 aliphatic carbocycles. The van der Waals surface area contributed by atoms with E-state index in [0.717, 1.165) is 30.6 Å². The molecular formula is C21H26FN3O4. The number of ether oxygens (including phenoxy) is 4. The first-order valence-electron chi connectivity index (χ1n) is 9.86. The van der Waals surface area contributed by atoms with Crippen LogP contribution in [0.4, 0.5) is 4.39 Å². The zero-order chi connectivity index (χ0) is 20.4. The molecule has 0 radical (unpaired) electrons. The van der Waals surface area contributed by atoms with Gasteiger partial charge in [0.2, 0.25) is 6.23 Å². The van der Waals surface area contributed by atoms with Crippen LogP contribution in [0, 0.1) is 11.3 Å². The maximum absolute atomic E-state index is 14.3. The molecule has 0 bridgehead atoms. The normalized spacial score (nSPS) is 28.2. The number of rotatable bonds is 6. The fraction of sp³-hybridized carbons (Fsp3) is 0.524. The van der Waals surface area contributed by atoms with E-state index in [1.165, 1.54) is 6.07 Å². The summed E-state index contributed by atoms with van der Waals surface area (Å²) in [6.45, 7) is 5.33. The van der Waals surface area contributed by atoms with Gasteiger partial charge in [0.25, 0.3) is 0 Å². The van der Waals surface area contributed by atoms with E-state index in [2.05, 4.69) is 10.0 Å². The number of benzene rings is 1. The number of halogens is 1. The Kier molecular flexibility index (Phi) is 5.56.